The Morgan fingerprint density at radius 3 is 2.46 bits per heavy atom. The van der Waals surface area contributed by atoms with Crippen LogP contribution in [0.15, 0.2) is 30.5 Å². The third-order valence-corrected chi connectivity index (χ3v) is 1.64. The highest BCUT2D eigenvalue weighted by Crippen LogP contribution is 2.03. The molecule has 2 nitrogen and oxygen atoms in total. The van der Waals surface area contributed by atoms with E-state index in [0.29, 0.717) is 0 Å². The maximum Gasteiger partial charge on any atom is 0.220 e. The number of hydrogen-bond donors (Lipinski definition) is 1. The van der Waals surface area contributed by atoms with E-state index in [9.17, 15) is 4.79 Å². The van der Waals surface area contributed by atoms with Crippen LogP contribution < -0.4 is 5.32 Å². The molecular formula is C11H13NO. The van der Waals surface area contributed by atoms with E-state index in [1.165, 1.54) is 12.5 Å². The van der Waals surface area contributed by atoms with Crippen LogP contribution in [0.5, 0.6) is 0 Å². The molecule has 0 saturated heterocycles. The number of carbonyl (C=O) groups excluding carboxylic acids is 1. The molecule has 0 spiro atoms. The molecule has 2 heteroatoms. The van der Waals surface area contributed by atoms with Gasteiger partial charge in [0.1, 0.15) is 0 Å². The van der Waals surface area contributed by atoms with Crippen LogP contribution in [-0.2, 0) is 4.79 Å². The Kier molecular flexibility index (Phi) is 3.26. The monoisotopic (exact) mass is 175 g/mol. The standard InChI is InChI=1S/C11H13NO/c1-9-3-5-11(6-4-9)7-8-12-10(2)13/h3-8H,1-2H3,(H,12,13)/b8-7+. The predicted molar refractivity (Wildman–Crippen MR) is 54.0 cm³/mol. The normalized spacial score (nSPS) is 10.3. The van der Waals surface area contributed by atoms with Gasteiger partial charge in [-0.15, -0.1) is 0 Å². The van der Waals surface area contributed by atoms with Crippen molar-refractivity contribution in [2.24, 2.45) is 0 Å². The van der Waals surface area contributed by atoms with Crippen molar-refractivity contribution in [3.63, 3.8) is 0 Å². The van der Waals surface area contributed by atoms with Crippen LogP contribution in [0.2, 0.25) is 0 Å². The van der Waals surface area contributed by atoms with Gasteiger partial charge in [0.15, 0.2) is 0 Å². The summed E-state index contributed by atoms with van der Waals surface area (Å²) in [7, 11) is 0. The number of hydrogen-bond acceptors (Lipinski definition) is 1. The summed E-state index contributed by atoms with van der Waals surface area (Å²) in [5.41, 5.74) is 2.32. The molecule has 1 amide bonds. The molecule has 0 fully saturated rings. The van der Waals surface area contributed by atoms with E-state index in [4.69, 9.17) is 0 Å². The van der Waals surface area contributed by atoms with Crippen molar-refractivity contribution in [2.75, 3.05) is 0 Å². The Morgan fingerprint density at radius 2 is 1.92 bits per heavy atom. The molecular weight excluding hydrogens is 162 g/mol. The number of carbonyl (C=O) groups is 1. The molecule has 0 heterocycles. The SMILES string of the molecule is CC(=O)N/C=C/c1ccc(C)cc1. The average Bonchev–Trinajstić information content (AvgIpc) is 2.08. The topological polar surface area (TPSA) is 29.1 Å². The van der Waals surface area contributed by atoms with Crippen molar-refractivity contribution in [1.82, 2.24) is 5.32 Å². The molecule has 0 unspecified atom stereocenters. The second-order valence-electron chi connectivity index (χ2n) is 2.94. The van der Waals surface area contributed by atoms with E-state index in [-0.39, 0.29) is 5.91 Å². The lowest BCUT2D eigenvalue weighted by Crippen LogP contribution is -2.10. The highest BCUT2D eigenvalue weighted by atomic mass is 16.1. The van der Waals surface area contributed by atoms with Gasteiger partial charge in [0.25, 0.3) is 0 Å². The second kappa shape index (κ2) is 4.45. The van der Waals surface area contributed by atoms with Gasteiger partial charge >= 0.3 is 0 Å². The Labute approximate surface area is 78.3 Å². The number of nitrogens with one attached hydrogen (secondary N) is 1. The van der Waals surface area contributed by atoms with Gasteiger partial charge in [-0.3, -0.25) is 4.79 Å². The average molecular weight is 175 g/mol. The molecule has 1 rings (SSSR count). The Balaban J connectivity index is 2.59. The van der Waals surface area contributed by atoms with E-state index in [1.54, 1.807) is 6.20 Å². The van der Waals surface area contributed by atoms with Crippen LogP contribution in [0.3, 0.4) is 0 Å². The third kappa shape index (κ3) is 3.56. The van der Waals surface area contributed by atoms with Gasteiger partial charge in [0.2, 0.25) is 5.91 Å². The first-order chi connectivity index (χ1) is 6.18. The van der Waals surface area contributed by atoms with Crippen LogP contribution in [0.4, 0.5) is 0 Å². The molecule has 0 bridgehead atoms. The first kappa shape index (κ1) is 9.52. The third-order valence-electron chi connectivity index (χ3n) is 1.64. The molecule has 1 aromatic carbocycles. The van der Waals surface area contributed by atoms with Gasteiger partial charge in [-0.05, 0) is 18.6 Å². The zero-order chi connectivity index (χ0) is 9.68. The van der Waals surface area contributed by atoms with Crippen LogP contribution >= 0.6 is 0 Å². The summed E-state index contributed by atoms with van der Waals surface area (Å²) in [6, 6.07) is 8.09. The van der Waals surface area contributed by atoms with Gasteiger partial charge in [-0.2, -0.15) is 0 Å². The van der Waals surface area contributed by atoms with Gasteiger partial charge in [0, 0.05) is 13.1 Å². The highest BCUT2D eigenvalue weighted by Gasteiger charge is 1.86. The van der Waals surface area contributed by atoms with Crippen molar-refractivity contribution in [2.45, 2.75) is 13.8 Å². The zero-order valence-corrected chi connectivity index (χ0v) is 7.87. The number of amides is 1. The Hall–Kier alpha value is -1.57. The van der Waals surface area contributed by atoms with E-state index < -0.39 is 0 Å². The molecule has 0 aliphatic heterocycles. The first-order valence-corrected chi connectivity index (χ1v) is 4.19. The molecule has 0 radical (unpaired) electrons. The second-order valence-corrected chi connectivity index (χ2v) is 2.94. The molecule has 0 aliphatic rings. The number of aryl methyl sites for hydroxylation is 1. The molecule has 0 atom stereocenters. The summed E-state index contributed by atoms with van der Waals surface area (Å²) in [6.45, 7) is 3.53. The predicted octanol–water partition coefficient (Wildman–Crippen LogP) is 2.10. The summed E-state index contributed by atoms with van der Waals surface area (Å²) in [6.07, 6.45) is 3.51. The smallest absolute Gasteiger partial charge is 0.220 e. The van der Waals surface area contributed by atoms with Crippen molar-refractivity contribution in [1.29, 1.82) is 0 Å². The maximum absolute atomic E-state index is 10.5. The number of benzene rings is 1. The molecule has 1 N–H and O–H groups in total. The first-order valence-electron chi connectivity index (χ1n) is 4.19. The van der Waals surface area contributed by atoms with Gasteiger partial charge in [-0.25, -0.2) is 0 Å². The van der Waals surface area contributed by atoms with E-state index in [1.807, 2.05) is 37.3 Å². The minimum atomic E-state index is -0.0524. The Morgan fingerprint density at radius 1 is 1.31 bits per heavy atom. The lowest BCUT2D eigenvalue weighted by Gasteiger charge is -1.95. The minimum absolute atomic E-state index is 0.0524. The Bertz CT molecular complexity index is 311. The fourth-order valence-electron chi connectivity index (χ4n) is 0.933. The van der Waals surface area contributed by atoms with E-state index >= 15 is 0 Å². The summed E-state index contributed by atoms with van der Waals surface area (Å²) in [5, 5.41) is 2.59. The quantitative estimate of drug-likeness (QED) is 0.732. The maximum atomic E-state index is 10.5. The van der Waals surface area contributed by atoms with Gasteiger partial charge in [-0.1, -0.05) is 29.8 Å². The fourth-order valence-corrected chi connectivity index (χ4v) is 0.933. The molecule has 0 saturated carbocycles. The van der Waals surface area contributed by atoms with Gasteiger partial charge in [0.05, 0.1) is 0 Å². The summed E-state index contributed by atoms with van der Waals surface area (Å²) >= 11 is 0. The van der Waals surface area contributed by atoms with Crippen LogP contribution in [0.25, 0.3) is 6.08 Å². The van der Waals surface area contributed by atoms with Crippen LogP contribution in [0.1, 0.15) is 18.1 Å². The minimum Gasteiger partial charge on any atom is -0.333 e. The van der Waals surface area contributed by atoms with E-state index in [2.05, 4.69) is 5.32 Å². The highest BCUT2D eigenvalue weighted by molar-refractivity contribution is 5.74. The zero-order valence-electron chi connectivity index (χ0n) is 7.87. The molecule has 0 aliphatic carbocycles. The van der Waals surface area contributed by atoms with Crippen molar-refractivity contribution in [3.05, 3.63) is 41.6 Å². The summed E-state index contributed by atoms with van der Waals surface area (Å²) < 4.78 is 0. The van der Waals surface area contributed by atoms with E-state index in [0.717, 1.165) is 5.56 Å². The van der Waals surface area contributed by atoms with Crippen LogP contribution in [-0.4, -0.2) is 5.91 Å². The fraction of sp³-hybridized carbons (Fsp3) is 0.182. The summed E-state index contributed by atoms with van der Waals surface area (Å²) in [4.78, 5) is 10.5. The molecule has 1 aromatic rings. The molecule has 0 aromatic heterocycles. The lowest BCUT2D eigenvalue weighted by atomic mass is 10.1. The lowest BCUT2D eigenvalue weighted by molar-refractivity contribution is -0.118. The van der Waals surface area contributed by atoms with Crippen molar-refractivity contribution >= 4 is 12.0 Å². The molecule has 68 valence electrons. The van der Waals surface area contributed by atoms with Crippen molar-refractivity contribution in [3.8, 4) is 0 Å². The molecule has 13 heavy (non-hydrogen) atoms. The number of rotatable bonds is 2. The largest absolute Gasteiger partial charge is 0.333 e. The van der Waals surface area contributed by atoms with Crippen LogP contribution in [0, 0.1) is 6.92 Å². The van der Waals surface area contributed by atoms with Gasteiger partial charge < -0.3 is 5.32 Å². The summed E-state index contributed by atoms with van der Waals surface area (Å²) in [5.74, 6) is -0.0524. The van der Waals surface area contributed by atoms with Crippen molar-refractivity contribution < 1.29 is 4.79 Å².